The molecular weight excluding hydrogens is 464 g/mol. The third-order valence-electron chi connectivity index (χ3n) is 7.43. The number of aromatic amines is 1. The van der Waals surface area contributed by atoms with E-state index in [4.69, 9.17) is 0 Å². The van der Waals surface area contributed by atoms with E-state index < -0.39 is 17.9 Å². The fourth-order valence-corrected chi connectivity index (χ4v) is 5.30. The number of hydrogen-bond donors (Lipinski definition) is 3. The standard InChI is InChI=1S/C30H38N4O3/c1-21-8-6-7-11-25(21)27-16-23(19-34(2)15-14-22-9-4-3-5-10-22)12-13-26(27)29(35)33-28(30(36)37)17-24-18-31-20-32-24/h6-8,11-13,16,18,20,22,28H,3-5,9-10,14-15,17,19H2,1-2H3,(H,31,32)(H,33,35)(H,36,37). The molecule has 3 N–H and O–H groups in total. The van der Waals surface area contributed by atoms with Gasteiger partial charge in [-0.15, -0.1) is 0 Å². The van der Waals surface area contributed by atoms with Gasteiger partial charge in [0.1, 0.15) is 6.04 Å². The monoisotopic (exact) mass is 502 g/mol. The van der Waals surface area contributed by atoms with Gasteiger partial charge in [-0.25, -0.2) is 9.78 Å². The molecule has 0 saturated heterocycles. The summed E-state index contributed by atoms with van der Waals surface area (Å²) < 4.78 is 0. The highest BCUT2D eigenvalue weighted by Crippen LogP contribution is 2.29. The maximum atomic E-state index is 13.4. The first-order chi connectivity index (χ1) is 17.9. The van der Waals surface area contributed by atoms with Crippen molar-refractivity contribution in [2.45, 2.75) is 64.5 Å². The number of H-pyrrole nitrogens is 1. The van der Waals surface area contributed by atoms with Crippen molar-refractivity contribution in [3.63, 3.8) is 0 Å². The Morgan fingerprint density at radius 1 is 1.14 bits per heavy atom. The van der Waals surface area contributed by atoms with Crippen LogP contribution in [0.5, 0.6) is 0 Å². The lowest BCUT2D eigenvalue weighted by atomic mass is 9.87. The number of nitrogens with zero attached hydrogens (tertiary/aromatic N) is 2. The molecule has 0 aliphatic heterocycles. The fourth-order valence-electron chi connectivity index (χ4n) is 5.30. The van der Waals surface area contributed by atoms with Crippen LogP contribution in [-0.4, -0.2) is 51.5 Å². The number of carbonyl (C=O) groups excluding carboxylic acids is 1. The van der Waals surface area contributed by atoms with Gasteiger partial charge in [-0.2, -0.15) is 0 Å². The Balaban J connectivity index is 1.53. The Morgan fingerprint density at radius 3 is 2.62 bits per heavy atom. The number of aryl methyl sites for hydroxylation is 1. The lowest BCUT2D eigenvalue weighted by Gasteiger charge is -2.25. The van der Waals surface area contributed by atoms with Crippen LogP contribution in [0, 0.1) is 12.8 Å². The van der Waals surface area contributed by atoms with Crippen LogP contribution in [0.4, 0.5) is 0 Å². The highest BCUT2D eigenvalue weighted by molar-refractivity contribution is 6.02. The molecule has 7 heteroatoms. The van der Waals surface area contributed by atoms with Crippen LogP contribution in [0.15, 0.2) is 55.0 Å². The molecule has 1 aromatic heterocycles. The van der Waals surface area contributed by atoms with Crippen molar-refractivity contribution in [2.75, 3.05) is 13.6 Å². The average Bonchev–Trinajstić information content (AvgIpc) is 3.41. The first-order valence-corrected chi connectivity index (χ1v) is 13.3. The van der Waals surface area contributed by atoms with E-state index in [1.165, 1.54) is 44.9 Å². The normalized spacial score (nSPS) is 15.0. The second-order valence-electron chi connectivity index (χ2n) is 10.4. The molecule has 1 atom stereocenters. The number of carboxylic acid groups (broad SMARTS) is 1. The van der Waals surface area contributed by atoms with Gasteiger partial charge in [0.25, 0.3) is 5.91 Å². The number of hydrogen-bond acceptors (Lipinski definition) is 4. The molecule has 1 aliphatic carbocycles. The number of rotatable bonds is 11. The summed E-state index contributed by atoms with van der Waals surface area (Å²) in [6.45, 7) is 3.88. The van der Waals surface area contributed by atoms with Crippen molar-refractivity contribution in [1.29, 1.82) is 0 Å². The van der Waals surface area contributed by atoms with Gasteiger partial charge in [0.05, 0.1) is 12.0 Å². The van der Waals surface area contributed by atoms with Crippen molar-refractivity contribution in [3.05, 3.63) is 77.4 Å². The number of benzene rings is 2. The molecule has 1 saturated carbocycles. The molecule has 1 unspecified atom stereocenters. The van der Waals surface area contributed by atoms with Gasteiger partial charge in [-0.05, 0) is 67.2 Å². The minimum Gasteiger partial charge on any atom is -0.480 e. The first kappa shape index (κ1) is 26.6. The maximum Gasteiger partial charge on any atom is 0.326 e. The summed E-state index contributed by atoms with van der Waals surface area (Å²) in [6, 6.07) is 12.8. The second kappa shape index (κ2) is 12.7. The third-order valence-corrected chi connectivity index (χ3v) is 7.43. The Bertz CT molecular complexity index is 1190. The molecule has 4 rings (SSSR count). The van der Waals surface area contributed by atoms with Crippen molar-refractivity contribution in [2.24, 2.45) is 5.92 Å². The van der Waals surface area contributed by atoms with Crippen LogP contribution in [-0.2, 0) is 17.8 Å². The molecule has 0 bridgehead atoms. The number of aliphatic carboxylic acids is 1. The van der Waals surface area contributed by atoms with Crippen molar-refractivity contribution in [1.82, 2.24) is 20.2 Å². The van der Waals surface area contributed by atoms with E-state index >= 15 is 0 Å². The van der Waals surface area contributed by atoms with Gasteiger partial charge in [0.2, 0.25) is 0 Å². The predicted octanol–water partition coefficient (Wildman–Crippen LogP) is 5.21. The predicted molar refractivity (Wildman–Crippen MR) is 145 cm³/mol. The van der Waals surface area contributed by atoms with E-state index in [0.29, 0.717) is 11.3 Å². The Kier molecular flexibility index (Phi) is 9.12. The minimum absolute atomic E-state index is 0.105. The summed E-state index contributed by atoms with van der Waals surface area (Å²) >= 11 is 0. The molecule has 2 aromatic carbocycles. The molecule has 1 amide bonds. The van der Waals surface area contributed by atoms with Gasteiger partial charge in [0, 0.05) is 24.7 Å². The summed E-state index contributed by atoms with van der Waals surface area (Å²) in [4.78, 5) is 34.6. The van der Waals surface area contributed by atoms with Gasteiger partial charge in [-0.1, -0.05) is 62.4 Å². The molecule has 1 fully saturated rings. The van der Waals surface area contributed by atoms with E-state index in [2.05, 4.69) is 33.3 Å². The average molecular weight is 503 g/mol. The number of aromatic nitrogens is 2. The quantitative estimate of drug-likeness (QED) is 0.334. The maximum absolute atomic E-state index is 13.4. The molecule has 1 heterocycles. The van der Waals surface area contributed by atoms with E-state index in [-0.39, 0.29) is 6.42 Å². The fraction of sp³-hybridized carbons (Fsp3) is 0.433. The van der Waals surface area contributed by atoms with Gasteiger partial charge in [0.15, 0.2) is 0 Å². The largest absolute Gasteiger partial charge is 0.480 e. The van der Waals surface area contributed by atoms with Gasteiger partial charge >= 0.3 is 5.97 Å². The number of imidazole rings is 1. The SMILES string of the molecule is Cc1ccccc1-c1cc(CN(C)CCC2CCCCC2)ccc1C(=O)NC(Cc1c[nH]cn1)C(=O)O. The van der Waals surface area contributed by atoms with Crippen LogP contribution >= 0.6 is 0 Å². The summed E-state index contributed by atoms with van der Waals surface area (Å²) in [5.74, 6) is -0.656. The molecule has 37 heavy (non-hydrogen) atoms. The third kappa shape index (κ3) is 7.29. The van der Waals surface area contributed by atoms with Crippen LogP contribution in [0.25, 0.3) is 11.1 Å². The highest BCUT2D eigenvalue weighted by Gasteiger charge is 2.24. The second-order valence-corrected chi connectivity index (χ2v) is 10.4. The summed E-state index contributed by atoms with van der Waals surface area (Å²) in [5.41, 5.74) is 5.03. The first-order valence-electron chi connectivity index (χ1n) is 13.3. The molecule has 7 nitrogen and oxygen atoms in total. The van der Waals surface area contributed by atoms with Gasteiger partial charge in [-0.3, -0.25) is 4.79 Å². The van der Waals surface area contributed by atoms with E-state index in [0.717, 1.165) is 41.3 Å². The van der Waals surface area contributed by atoms with Crippen molar-refractivity contribution < 1.29 is 14.7 Å². The highest BCUT2D eigenvalue weighted by atomic mass is 16.4. The Hall–Kier alpha value is -3.45. The molecular formula is C30H38N4O3. The molecule has 3 aromatic rings. The van der Waals surface area contributed by atoms with E-state index in [1.807, 2.05) is 43.3 Å². The van der Waals surface area contributed by atoms with Crippen LogP contribution < -0.4 is 5.32 Å². The van der Waals surface area contributed by atoms with E-state index in [1.54, 1.807) is 6.20 Å². The summed E-state index contributed by atoms with van der Waals surface area (Å²) in [7, 11) is 2.16. The zero-order valence-electron chi connectivity index (χ0n) is 21.9. The molecule has 0 spiro atoms. The summed E-state index contributed by atoms with van der Waals surface area (Å²) in [6.07, 6.45) is 11.3. The number of amides is 1. The van der Waals surface area contributed by atoms with Crippen LogP contribution in [0.1, 0.15) is 65.7 Å². The molecule has 196 valence electrons. The van der Waals surface area contributed by atoms with Crippen molar-refractivity contribution >= 4 is 11.9 Å². The van der Waals surface area contributed by atoms with Crippen molar-refractivity contribution in [3.8, 4) is 11.1 Å². The topological polar surface area (TPSA) is 98.3 Å². The lowest BCUT2D eigenvalue weighted by molar-refractivity contribution is -0.139. The van der Waals surface area contributed by atoms with Gasteiger partial charge < -0.3 is 20.3 Å². The number of nitrogens with one attached hydrogen (secondary N) is 2. The molecule has 0 radical (unpaired) electrons. The Morgan fingerprint density at radius 2 is 1.92 bits per heavy atom. The Labute approximate surface area is 219 Å². The number of carboxylic acids is 1. The number of carbonyl (C=O) groups is 2. The summed E-state index contributed by atoms with van der Waals surface area (Å²) in [5, 5.41) is 12.4. The van der Waals surface area contributed by atoms with Crippen LogP contribution in [0.2, 0.25) is 0 Å². The lowest BCUT2D eigenvalue weighted by Crippen LogP contribution is -2.42. The van der Waals surface area contributed by atoms with E-state index in [9.17, 15) is 14.7 Å². The zero-order valence-corrected chi connectivity index (χ0v) is 21.9. The zero-order chi connectivity index (χ0) is 26.2. The smallest absolute Gasteiger partial charge is 0.326 e. The van der Waals surface area contributed by atoms with Crippen LogP contribution in [0.3, 0.4) is 0 Å². The minimum atomic E-state index is -1.09. The molecule has 1 aliphatic rings.